The highest BCUT2D eigenvalue weighted by Crippen LogP contribution is 2.22. The molecule has 0 aromatic heterocycles. The van der Waals surface area contributed by atoms with Gasteiger partial charge in [-0.15, -0.1) is 0 Å². The van der Waals surface area contributed by atoms with E-state index in [-0.39, 0.29) is 0 Å². The van der Waals surface area contributed by atoms with E-state index in [9.17, 15) is 0 Å². The fraction of sp³-hybridized carbons (Fsp3) is 0.667. The number of nitrogens with zero attached hydrogens (tertiary/aromatic N) is 1. The normalized spacial score (nSPS) is 22.6. The molecule has 1 heterocycles. The summed E-state index contributed by atoms with van der Waals surface area (Å²) in [6, 6.07) is 9.14. The molecule has 0 aliphatic carbocycles. The van der Waals surface area contributed by atoms with Gasteiger partial charge in [-0.3, -0.25) is 4.90 Å². The summed E-state index contributed by atoms with van der Waals surface area (Å²) >= 11 is 0. The average Bonchev–Trinajstić information content (AvgIpc) is 2.78. The monoisotopic (exact) mass is 290 g/mol. The molecule has 2 rings (SSSR count). The Morgan fingerprint density at radius 1 is 1.33 bits per heavy atom. The maximum Gasteiger partial charge on any atom is 0.119 e. The first-order valence-corrected chi connectivity index (χ1v) is 8.35. The lowest BCUT2D eigenvalue weighted by molar-refractivity contribution is 0.202. The van der Waals surface area contributed by atoms with E-state index >= 15 is 0 Å². The average molecular weight is 290 g/mol. The number of hydrogen-bond donors (Lipinski definition) is 1. The Morgan fingerprint density at radius 2 is 2.19 bits per heavy atom. The number of hydrogen-bond acceptors (Lipinski definition) is 3. The van der Waals surface area contributed by atoms with Gasteiger partial charge in [-0.2, -0.15) is 0 Å². The maximum absolute atomic E-state index is 5.93. The minimum Gasteiger partial charge on any atom is -0.492 e. The van der Waals surface area contributed by atoms with Crippen molar-refractivity contribution in [1.29, 1.82) is 0 Å². The molecule has 1 saturated heterocycles. The summed E-state index contributed by atoms with van der Waals surface area (Å²) in [5.41, 5.74) is 1.30. The van der Waals surface area contributed by atoms with Crippen LogP contribution in [0, 0.1) is 5.92 Å². The third kappa shape index (κ3) is 5.33. The minimum atomic E-state index is 0.702. The van der Waals surface area contributed by atoms with Crippen molar-refractivity contribution in [1.82, 2.24) is 10.2 Å². The lowest BCUT2D eigenvalue weighted by Gasteiger charge is -2.21. The van der Waals surface area contributed by atoms with Crippen molar-refractivity contribution in [2.45, 2.75) is 46.2 Å². The molecule has 1 aliphatic rings. The molecule has 1 aliphatic heterocycles. The standard InChI is InChI=1S/C18H30N2O/c1-4-8-19-13-17-6-5-7-18(12-17)21-10-9-20-14-15(2)11-16(20)3/h5-7,12,15-16,19H,4,8-11,13-14H2,1-3H3. The molecule has 3 heteroatoms. The number of likely N-dealkylation sites (tertiary alicyclic amines) is 1. The van der Waals surface area contributed by atoms with Gasteiger partial charge in [0.2, 0.25) is 0 Å². The summed E-state index contributed by atoms with van der Waals surface area (Å²) in [6.07, 6.45) is 2.49. The summed E-state index contributed by atoms with van der Waals surface area (Å²) in [7, 11) is 0. The van der Waals surface area contributed by atoms with Crippen molar-refractivity contribution in [2.75, 3.05) is 26.2 Å². The van der Waals surface area contributed by atoms with Crippen molar-refractivity contribution < 1.29 is 4.74 Å². The first-order valence-electron chi connectivity index (χ1n) is 8.35. The molecular weight excluding hydrogens is 260 g/mol. The Bertz CT molecular complexity index is 421. The van der Waals surface area contributed by atoms with Crippen LogP contribution in [0.3, 0.4) is 0 Å². The Morgan fingerprint density at radius 3 is 2.90 bits per heavy atom. The molecule has 1 aromatic rings. The third-order valence-electron chi connectivity index (χ3n) is 4.21. The quantitative estimate of drug-likeness (QED) is 0.744. The Kier molecular flexibility index (Phi) is 6.52. The number of ether oxygens (including phenoxy) is 1. The number of nitrogens with one attached hydrogen (secondary N) is 1. The van der Waals surface area contributed by atoms with Crippen LogP contribution in [0.4, 0.5) is 0 Å². The fourth-order valence-electron chi connectivity index (χ4n) is 3.13. The van der Waals surface area contributed by atoms with Crippen molar-refractivity contribution in [3.63, 3.8) is 0 Å². The van der Waals surface area contributed by atoms with E-state index in [0.717, 1.165) is 37.9 Å². The summed E-state index contributed by atoms with van der Waals surface area (Å²) in [5.74, 6) is 1.82. The first-order chi connectivity index (χ1) is 10.2. The van der Waals surface area contributed by atoms with E-state index < -0.39 is 0 Å². The molecular formula is C18H30N2O. The highest BCUT2D eigenvalue weighted by atomic mass is 16.5. The van der Waals surface area contributed by atoms with Crippen LogP contribution in [0.15, 0.2) is 24.3 Å². The Balaban J connectivity index is 1.74. The van der Waals surface area contributed by atoms with Gasteiger partial charge in [0.05, 0.1) is 0 Å². The maximum atomic E-state index is 5.93. The molecule has 3 nitrogen and oxygen atoms in total. The van der Waals surface area contributed by atoms with E-state index in [2.05, 4.69) is 55.3 Å². The van der Waals surface area contributed by atoms with E-state index in [1.165, 1.54) is 24.9 Å². The highest BCUT2D eigenvalue weighted by molar-refractivity contribution is 5.28. The topological polar surface area (TPSA) is 24.5 Å². The lowest BCUT2D eigenvalue weighted by atomic mass is 10.1. The van der Waals surface area contributed by atoms with E-state index in [1.807, 2.05) is 0 Å². The van der Waals surface area contributed by atoms with Gasteiger partial charge >= 0.3 is 0 Å². The van der Waals surface area contributed by atoms with E-state index in [4.69, 9.17) is 4.74 Å². The fourth-order valence-corrected chi connectivity index (χ4v) is 3.13. The van der Waals surface area contributed by atoms with Gasteiger partial charge in [-0.05, 0) is 49.9 Å². The second-order valence-corrected chi connectivity index (χ2v) is 6.36. The Labute approximate surface area is 129 Å². The Hall–Kier alpha value is -1.06. The zero-order valence-electron chi connectivity index (χ0n) is 13.8. The molecule has 1 N–H and O–H groups in total. The molecule has 2 unspecified atom stereocenters. The molecule has 118 valence electrons. The summed E-state index contributed by atoms with van der Waals surface area (Å²) < 4.78 is 5.93. The zero-order chi connectivity index (χ0) is 15.1. The predicted molar refractivity (Wildman–Crippen MR) is 88.8 cm³/mol. The molecule has 0 saturated carbocycles. The minimum absolute atomic E-state index is 0.702. The van der Waals surface area contributed by atoms with Crippen molar-refractivity contribution in [3.8, 4) is 5.75 Å². The van der Waals surface area contributed by atoms with Gasteiger partial charge in [-0.1, -0.05) is 26.0 Å². The summed E-state index contributed by atoms with van der Waals surface area (Å²) in [5, 5.41) is 3.43. The van der Waals surface area contributed by atoms with Crippen LogP contribution in [-0.2, 0) is 6.54 Å². The van der Waals surface area contributed by atoms with Gasteiger partial charge in [0.25, 0.3) is 0 Å². The summed E-state index contributed by atoms with van der Waals surface area (Å²) in [6.45, 7) is 11.9. The third-order valence-corrected chi connectivity index (χ3v) is 4.21. The molecule has 2 atom stereocenters. The second-order valence-electron chi connectivity index (χ2n) is 6.36. The van der Waals surface area contributed by atoms with E-state index in [1.54, 1.807) is 0 Å². The smallest absolute Gasteiger partial charge is 0.119 e. The molecule has 0 radical (unpaired) electrons. The predicted octanol–water partition coefficient (Wildman–Crippen LogP) is 3.30. The molecule has 1 fully saturated rings. The van der Waals surface area contributed by atoms with Crippen LogP contribution in [0.25, 0.3) is 0 Å². The van der Waals surface area contributed by atoms with Crippen LogP contribution >= 0.6 is 0 Å². The lowest BCUT2D eigenvalue weighted by Crippen LogP contribution is -2.31. The van der Waals surface area contributed by atoms with E-state index in [0.29, 0.717) is 6.04 Å². The van der Waals surface area contributed by atoms with Crippen molar-refractivity contribution >= 4 is 0 Å². The van der Waals surface area contributed by atoms with Crippen LogP contribution in [0.2, 0.25) is 0 Å². The summed E-state index contributed by atoms with van der Waals surface area (Å²) in [4.78, 5) is 2.54. The van der Waals surface area contributed by atoms with Crippen LogP contribution in [0.1, 0.15) is 39.2 Å². The van der Waals surface area contributed by atoms with Crippen LogP contribution in [-0.4, -0.2) is 37.2 Å². The van der Waals surface area contributed by atoms with Crippen molar-refractivity contribution in [3.05, 3.63) is 29.8 Å². The first kappa shape index (κ1) is 16.3. The number of rotatable bonds is 8. The second kappa shape index (κ2) is 8.40. The van der Waals surface area contributed by atoms with Crippen molar-refractivity contribution in [2.24, 2.45) is 5.92 Å². The SMILES string of the molecule is CCCNCc1cccc(OCCN2CC(C)CC2C)c1. The van der Waals surface area contributed by atoms with Gasteiger partial charge in [0, 0.05) is 25.7 Å². The zero-order valence-corrected chi connectivity index (χ0v) is 13.8. The molecule has 0 spiro atoms. The van der Waals surface area contributed by atoms with Gasteiger partial charge < -0.3 is 10.1 Å². The number of benzene rings is 1. The molecule has 1 aromatic carbocycles. The molecule has 0 amide bonds. The van der Waals surface area contributed by atoms with Gasteiger partial charge in [0.15, 0.2) is 0 Å². The van der Waals surface area contributed by atoms with Crippen LogP contribution < -0.4 is 10.1 Å². The van der Waals surface area contributed by atoms with Gasteiger partial charge in [0.1, 0.15) is 12.4 Å². The van der Waals surface area contributed by atoms with Crippen LogP contribution in [0.5, 0.6) is 5.75 Å². The largest absolute Gasteiger partial charge is 0.492 e. The molecule has 0 bridgehead atoms. The highest BCUT2D eigenvalue weighted by Gasteiger charge is 2.25. The van der Waals surface area contributed by atoms with Gasteiger partial charge in [-0.25, -0.2) is 0 Å². The molecule has 21 heavy (non-hydrogen) atoms.